The molecule has 0 amide bonds. The molecule has 1 aliphatic rings. The molecular weight excluding hydrogens is 244 g/mol. The van der Waals surface area contributed by atoms with Crippen molar-refractivity contribution in [2.45, 2.75) is 25.3 Å². The zero-order chi connectivity index (χ0) is 13.4. The highest BCUT2D eigenvalue weighted by molar-refractivity contribution is 5.79. The smallest absolute Gasteiger partial charge is 0.329 e. The molecular formula is C14H14N2O3. The number of carbonyl (C=O) groups is 1. The van der Waals surface area contributed by atoms with Gasteiger partial charge in [-0.25, -0.2) is 9.78 Å². The first-order chi connectivity index (χ1) is 9.22. The van der Waals surface area contributed by atoms with Crippen molar-refractivity contribution in [3.8, 4) is 0 Å². The second-order valence-electron chi connectivity index (χ2n) is 4.65. The van der Waals surface area contributed by atoms with Gasteiger partial charge < -0.3 is 4.74 Å². The Morgan fingerprint density at radius 2 is 2.21 bits per heavy atom. The zero-order valence-electron chi connectivity index (χ0n) is 10.6. The first-order valence-corrected chi connectivity index (χ1v) is 6.30. The Kier molecular flexibility index (Phi) is 2.81. The molecule has 0 aliphatic carbocycles. The number of nitrogens with zero attached hydrogens (tertiary/aromatic N) is 2. The lowest BCUT2D eigenvalue weighted by molar-refractivity contribution is -0.145. The summed E-state index contributed by atoms with van der Waals surface area (Å²) in [6, 6.07) is 6.67. The van der Waals surface area contributed by atoms with Crippen LogP contribution in [-0.2, 0) is 16.0 Å². The number of hydrogen-bond donors (Lipinski definition) is 0. The second-order valence-corrected chi connectivity index (χ2v) is 4.65. The predicted octanol–water partition coefficient (Wildman–Crippen LogP) is 1.45. The van der Waals surface area contributed by atoms with Crippen LogP contribution in [0.3, 0.4) is 0 Å². The fourth-order valence-corrected chi connectivity index (χ4v) is 2.63. The summed E-state index contributed by atoms with van der Waals surface area (Å²) < 4.78 is 6.28. The van der Waals surface area contributed by atoms with Crippen LogP contribution in [0.2, 0.25) is 0 Å². The van der Waals surface area contributed by atoms with Crippen LogP contribution >= 0.6 is 0 Å². The molecule has 0 N–H and O–H groups in total. The molecule has 2 heterocycles. The Morgan fingerprint density at radius 3 is 3.00 bits per heavy atom. The molecule has 1 atom stereocenters. The van der Waals surface area contributed by atoms with Crippen molar-refractivity contribution in [1.82, 2.24) is 9.55 Å². The Morgan fingerprint density at radius 1 is 1.42 bits per heavy atom. The van der Waals surface area contributed by atoms with E-state index in [2.05, 4.69) is 4.98 Å². The van der Waals surface area contributed by atoms with E-state index in [9.17, 15) is 9.59 Å². The van der Waals surface area contributed by atoms with Crippen molar-refractivity contribution in [2.75, 3.05) is 7.11 Å². The largest absolute Gasteiger partial charge is 0.467 e. The highest BCUT2D eigenvalue weighted by Gasteiger charge is 2.29. The summed E-state index contributed by atoms with van der Waals surface area (Å²) in [6.07, 6.45) is 2.18. The van der Waals surface area contributed by atoms with Crippen LogP contribution in [0.1, 0.15) is 24.7 Å². The highest BCUT2D eigenvalue weighted by Crippen LogP contribution is 2.24. The molecule has 3 rings (SSSR count). The van der Waals surface area contributed by atoms with Gasteiger partial charge in [0.05, 0.1) is 18.0 Å². The number of ether oxygens (including phenoxy) is 1. The average molecular weight is 258 g/mol. The number of methoxy groups -OCH3 is 1. The van der Waals surface area contributed by atoms with Gasteiger partial charge in [0.25, 0.3) is 5.56 Å². The Labute approximate surface area is 109 Å². The molecule has 1 aromatic carbocycles. The number of rotatable bonds is 1. The molecule has 5 nitrogen and oxygen atoms in total. The molecule has 1 aliphatic heterocycles. The third-order valence-electron chi connectivity index (χ3n) is 3.54. The van der Waals surface area contributed by atoms with Crippen LogP contribution in [0, 0.1) is 0 Å². The van der Waals surface area contributed by atoms with Crippen molar-refractivity contribution in [1.29, 1.82) is 0 Å². The van der Waals surface area contributed by atoms with E-state index in [1.165, 1.54) is 11.7 Å². The van der Waals surface area contributed by atoms with Gasteiger partial charge in [0, 0.05) is 6.42 Å². The van der Waals surface area contributed by atoms with Crippen molar-refractivity contribution in [3.05, 3.63) is 40.4 Å². The molecule has 5 heteroatoms. The monoisotopic (exact) mass is 258 g/mol. The van der Waals surface area contributed by atoms with E-state index in [-0.39, 0.29) is 11.5 Å². The van der Waals surface area contributed by atoms with Crippen LogP contribution < -0.4 is 5.56 Å². The van der Waals surface area contributed by atoms with E-state index in [1.807, 2.05) is 12.1 Å². The number of esters is 1. The summed E-state index contributed by atoms with van der Waals surface area (Å²) >= 11 is 0. The van der Waals surface area contributed by atoms with Crippen molar-refractivity contribution >= 4 is 16.9 Å². The standard InChI is InChI=1S/C14H14N2O3/c1-19-14(18)11-7-4-8-12-15-10-6-3-2-5-9(10)13(17)16(11)12/h2-3,5-6,11H,4,7-8H2,1H3/t11-/m0/s1. The van der Waals surface area contributed by atoms with Gasteiger partial charge >= 0.3 is 5.97 Å². The van der Waals surface area contributed by atoms with E-state index in [4.69, 9.17) is 4.74 Å². The lowest BCUT2D eigenvalue weighted by atomic mass is 10.0. The molecule has 0 spiro atoms. The molecule has 0 fully saturated rings. The summed E-state index contributed by atoms with van der Waals surface area (Å²) in [6.45, 7) is 0. The number of carbonyl (C=O) groups excluding carboxylic acids is 1. The quantitative estimate of drug-likeness (QED) is 0.726. The third kappa shape index (κ3) is 1.82. The maximum Gasteiger partial charge on any atom is 0.329 e. The molecule has 2 aromatic rings. The number of benzene rings is 1. The first kappa shape index (κ1) is 11.9. The topological polar surface area (TPSA) is 61.2 Å². The van der Waals surface area contributed by atoms with Gasteiger partial charge in [-0.3, -0.25) is 9.36 Å². The molecule has 0 radical (unpaired) electrons. The van der Waals surface area contributed by atoms with Gasteiger partial charge in [0.2, 0.25) is 0 Å². The average Bonchev–Trinajstić information content (AvgIpc) is 2.46. The van der Waals surface area contributed by atoms with Crippen molar-refractivity contribution in [2.24, 2.45) is 0 Å². The van der Waals surface area contributed by atoms with Crippen LogP contribution in [0.15, 0.2) is 29.1 Å². The predicted molar refractivity (Wildman–Crippen MR) is 70.0 cm³/mol. The second kappa shape index (κ2) is 4.50. The Balaban J connectivity index is 2.29. The van der Waals surface area contributed by atoms with Gasteiger partial charge in [-0.2, -0.15) is 0 Å². The zero-order valence-corrected chi connectivity index (χ0v) is 10.6. The minimum atomic E-state index is -0.543. The molecule has 0 saturated carbocycles. The van der Waals surface area contributed by atoms with Crippen LogP contribution in [0.5, 0.6) is 0 Å². The molecule has 1 aromatic heterocycles. The van der Waals surface area contributed by atoms with E-state index in [0.717, 1.165) is 6.42 Å². The van der Waals surface area contributed by atoms with Crippen LogP contribution in [0.25, 0.3) is 10.9 Å². The SMILES string of the molecule is COC(=O)[C@@H]1CCCc2nc3ccccc3c(=O)n21. The first-order valence-electron chi connectivity index (χ1n) is 6.30. The Hall–Kier alpha value is -2.17. The summed E-state index contributed by atoms with van der Waals surface area (Å²) in [5, 5.41) is 0.544. The lowest BCUT2D eigenvalue weighted by Gasteiger charge is -2.25. The summed E-state index contributed by atoms with van der Waals surface area (Å²) in [4.78, 5) is 28.8. The van der Waals surface area contributed by atoms with E-state index in [1.54, 1.807) is 12.1 Å². The van der Waals surface area contributed by atoms with Gasteiger partial charge in [-0.05, 0) is 25.0 Å². The van der Waals surface area contributed by atoms with Crippen LogP contribution in [0.4, 0.5) is 0 Å². The highest BCUT2D eigenvalue weighted by atomic mass is 16.5. The molecule has 19 heavy (non-hydrogen) atoms. The summed E-state index contributed by atoms with van der Waals surface area (Å²) in [5.74, 6) is 0.297. The fourth-order valence-electron chi connectivity index (χ4n) is 2.63. The van der Waals surface area contributed by atoms with Crippen molar-refractivity contribution < 1.29 is 9.53 Å². The maximum atomic E-state index is 12.5. The third-order valence-corrected chi connectivity index (χ3v) is 3.54. The van der Waals surface area contributed by atoms with Gasteiger partial charge in [0.15, 0.2) is 0 Å². The van der Waals surface area contributed by atoms with Gasteiger partial charge in [0.1, 0.15) is 11.9 Å². The maximum absolute atomic E-state index is 12.5. The number of fused-ring (bicyclic) bond motifs is 2. The van der Waals surface area contributed by atoms with Crippen molar-refractivity contribution in [3.63, 3.8) is 0 Å². The summed E-state index contributed by atoms with van der Waals surface area (Å²) in [5.41, 5.74) is 0.528. The number of aryl methyl sites for hydroxylation is 1. The summed E-state index contributed by atoms with van der Waals surface area (Å²) in [7, 11) is 1.34. The molecule has 0 bridgehead atoms. The normalized spacial score (nSPS) is 18.1. The van der Waals surface area contributed by atoms with Crippen LogP contribution in [-0.4, -0.2) is 22.6 Å². The van der Waals surface area contributed by atoms with E-state index >= 15 is 0 Å². The van der Waals surface area contributed by atoms with Gasteiger partial charge in [-0.1, -0.05) is 12.1 Å². The van der Waals surface area contributed by atoms with E-state index < -0.39 is 6.04 Å². The number of aromatic nitrogens is 2. The minimum absolute atomic E-state index is 0.157. The minimum Gasteiger partial charge on any atom is -0.467 e. The molecule has 0 unspecified atom stereocenters. The molecule has 0 saturated heterocycles. The lowest BCUT2D eigenvalue weighted by Crippen LogP contribution is -2.36. The van der Waals surface area contributed by atoms with Gasteiger partial charge in [-0.15, -0.1) is 0 Å². The fraction of sp³-hybridized carbons (Fsp3) is 0.357. The van der Waals surface area contributed by atoms with E-state index in [0.29, 0.717) is 29.6 Å². The Bertz CT molecular complexity index is 705. The number of para-hydroxylation sites is 1. The number of hydrogen-bond acceptors (Lipinski definition) is 4. The molecule has 98 valence electrons.